The molecule has 148 valence electrons. The number of nitrogens with zero attached hydrogens (tertiary/aromatic N) is 3. The maximum atomic E-state index is 12.0. The summed E-state index contributed by atoms with van der Waals surface area (Å²) in [4.78, 5) is 24.5. The summed E-state index contributed by atoms with van der Waals surface area (Å²) in [6.45, 7) is 5.50. The molecule has 28 heavy (non-hydrogen) atoms. The summed E-state index contributed by atoms with van der Waals surface area (Å²) in [6, 6.07) is 10.2. The van der Waals surface area contributed by atoms with Gasteiger partial charge in [-0.1, -0.05) is 37.3 Å². The number of anilines is 1. The summed E-state index contributed by atoms with van der Waals surface area (Å²) in [5.74, 6) is 0.972. The van der Waals surface area contributed by atoms with E-state index in [0.717, 1.165) is 27.2 Å². The second kappa shape index (κ2) is 9.12. The first-order valence-corrected chi connectivity index (χ1v) is 10.1. The van der Waals surface area contributed by atoms with Gasteiger partial charge in [-0.25, -0.2) is 9.97 Å². The maximum absolute atomic E-state index is 12.0. The second-order valence-corrected chi connectivity index (χ2v) is 7.41. The van der Waals surface area contributed by atoms with Crippen molar-refractivity contribution in [1.29, 1.82) is 0 Å². The maximum Gasteiger partial charge on any atom is 0.310 e. The fraction of sp³-hybridized carbons (Fsp3) is 0.381. The molecule has 6 nitrogen and oxygen atoms in total. The largest absolute Gasteiger partial charge is 0.469 e. The van der Waals surface area contributed by atoms with E-state index in [9.17, 15) is 4.79 Å². The molecule has 7 heteroatoms. The van der Waals surface area contributed by atoms with Crippen LogP contribution in [-0.2, 0) is 20.9 Å². The van der Waals surface area contributed by atoms with Crippen molar-refractivity contribution in [2.75, 3.05) is 32.2 Å². The number of benzene rings is 1. The molecule has 3 aromatic rings. The number of aromatic nitrogens is 2. The molecule has 0 aliphatic heterocycles. The van der Waals surface area contributed by atoms with Crippen molar-refractivity contribution >= 4 is 33.3 Å². The van der Waals surface area contributed by atoms with Crippen molar-refractivity contribution < 1.29 is 14.3 Å². The molecule has 0 aliphatic carbocycles. The molecule has 1 atom stereocenters. The number of carbonyl (C=O) groups is 1. The van der Waals surface area contributed by atoms with Gasteiger partial charge in [-0.3, -0.25) is 4.79 Å². The van der Waals surface area contributed by atoms with Crippen LogP contribution >= 0.6 is 11.3 Å². The zero-order valence-corrected chi connectivity index (χ0v) is 17.5. The van der Waals surface area contributed by atoms with Gasteiger partial charge in [0.2, 0.25) is 0 Å². The van der Waals surface area contributed by atoms with Crippen LogP contribution in [0.5, 0.6) is 0 Å². The van der Waals surface area contributed by atoms with Gasteiger partial charge in [-0.2, -0.15) is 0 Å². The SMILES string of the molecule is CCN(C[C@@H](C)C(=O)OC)c1nc(COC)nc2scc(-c3ccccc3)c12. The van der Waals surface area contributed by atoms with Crippen LogP contribution in [0.2, 0.25) is 0 Å². The quantitative estimate of drug-likeness (QED) is 0.531. The van der Waals surface area contributed by atoms with E-state index in [0.29, 0.717) is 25.5 Å². The number of fused-ring (bicyclic) bond motifs is 1. The van der Waals surface area contributed by atoms with Crippen LogP contribution in [0.15, 0.2) is 35.7 Å². The zero-order chi connectivity index (χ0) is 20.1. The van der Waals surface area contributed by atoms with E-state index >= 15 is 0 Å². The molecule has 0 amide bonds. The first kappa shape index (κ1) is 20.2. The third kappa shape index (κ3) is 4.15. The number of ether oxygens (including phenoxy) is 2. The Morgan fingerprint density at radius 1 is 1.21 bits per heavy atom. The molecule has 0 unspecified atom stereocenters. The zero-order valence-electron chi connectivity index (χ0n) is 16.6. The highest BCUT2D eigenvalue weighted by Crippen LogP contribution is 2.38. The Morgan fingerprint density at radius 3 is 2.61 bits per heavy atom. The van der Waals surface area contributed by atoms with Gasteiger partial charge in [0.05, 0.1) is 18.4 Å². The van der Waals surface area contributed by atoms with E-state index in [2.05, 4.69) is 34.3 Å². The predicted molar refractivity (Wildman–Crippen MR) is 113 cm³/mol. The van der Waals surface area contributed by atoms with E-state index in [-0.39, 0.29) is 11.9 Å². The Balaban J connectivity index is 2.14. The molecule has 2 heterocycles. The van der Waals surface area contributed by atoms with Crippen molar-refractivity contribution in [2.45, 2.75) is 20.5 Å². The van der Waals surface area contributed by atoms with Crippen LogP contribution in [0.3, 0.4) is 0 Å². The van der Waals surface area contributed by atoms with Gasteiger partial charge in [0.15, 0.2) is 5.82 Å². The van der Waals surface area contributed by atoms with Gasteiger partial charge < -0.3 is 14.4 Å². The van der Waals surface area contributed by atoms with Gasteiger partial charge >= 0.3 is 5.97 Å². The van der Waals surface area contributed by atoms with E-state index in [1.807, 2.05) is 25.1 Å². The number of carbonyl (C=O) groups excluding carboxylic acids is 1. The molecular formula is C21H25N3O3S. The van der Waals surface area contributed by atoms with Crippen molar-refractivity contribution in [3.8, 4) is 11.1 Å². The highest BCUT2D eigenvalue weighted by atomic mass is 32.1. The number of thiophene rings is 1. The van der Waals surface area contributed by atoms with Crippen LogP contribution in [-0.4, -0.2) is 43.2 Å². The highest BCUT2D eigenvalue weighted by Gasteiger charge is 2.23. The number of esters is 1. The van der Waals surface area contributed by atoms with Crippen molar-refractivity contribution in [3.05, 3.63) is 41.5 Å². The summed E-state index contributed by atoms with van der Waals surface area (Å²) in [5, 5.41) is 3.13. The second-order valence-electron chi connectivity index (χ2n) is 6.55. The molecule has 0 spiro atoms. The van der Waals surface area contributed by atoms with E-state index in [1.165, 1.54) is 7.11 Å². The van der Waals surface area contributed by atoms with E-state index < -0.39 is 0 Å². The molecule has 0 aliphatic rings. The average Bonchev–Trinajstić information content (AvgIpc) is 3.15. The summed E-state index contributed by atoms with van der Waals surface area (Å²) >= 11 is 1.60. The average molecular weight is 400 g/mol. The van der Waals surface area contributed by atoms with Crippen molar-refractivity contribution in [1.82, 2.24) is 9.97 Å². The smallest absolute Gasteiger partial charge is 0.310 e. The fourth-order valence-corrected chi connectivity index (χ4v) is 4.15. The predicted octanol–water partition coefficient (Wildman–Crippen LogP) is 4.14. The molecule has 0 saturated heterocycles. The normalized spacial score (nSPS) is 12.1. The summed E-state index contributed by atoms with van der Waals surface area (Å²) in [7, 11) is 3.05. The van der Waals surface area contributed by atoms with Crippen LogP contribution in [0.1, 0.15) is 19.7 Å². The first-order chi connectivity index (χ1) is 13.6. The molecule has 0 radical (unpaired) electrons. The Labute approximate surface area is 169 Å². The molecule has 0 fully saturated rings. The molecule has 2 aromatic heterocycles. The molecule has 0 N–H and O–H groups in total. The lowest BCUT2D eigenvalue weighted by atomic mass is 10.1. The fourth-order valence-electron chi connectivity index (χ4n) is 3.19. The van der Waals surface area contributed by atoms with Gasteiger partial charge in [-0.15, -0.1) is 11.3 Å². The minimum Gasteiger partial charge on any atom is -0.469 e. The molecule has 0 saturated carbocycles. The molecule has 1 aromatic carbocycles. The highest BCUT2D eigenvalue weighted by molar-refractivity contribution is 7.17. The van der Waals surface area contributed by atoms with Gasteiger partial charge in [0.25, 0.3) is 0 Å². The van der Waals surface area contributed by atoms with Crippen molar-refractivity contribution in [2.24, 2.45) is 5.92 Å². The van der Waals surface area contributed by atoms with Gasteiger partial charge in [-0.05, 0) is 12.5 Å². The third-order valence-electron chi connectivity index (χ3n) is 4.60. The standard InChI is InChI=1S/C21H25N3O3S/c1-5-24(11-14(2)21(25)27-4)19-18-16(15-9-7-6-8-10-15)13-28-20(18)23-17(22-19)12-26-3/h6-10,13-14H,5,11-12H2,1-4H3/t14-/m1/s1. The van der Waals surface area contributed by atoms with E-state index in [1.54, 1.807) is 18.4 Å². The van der Waals surface area contributed by atoms with Gasteiger partial charge in [0, 0.05) is 31.1 Å². The minimum absolute atomic E-state index is 0.227. The molecule has 0 bridgehead atoms. The van der Waals surface area contributed by atoms with Crippen LogP contribution in [0, 0.1) is 5.92 Å². The third-order valence-corrected chi connectivity index (χ3v) is 5.47. The Bertz CT molecular complexity index is 943. The Kier molecular flexibility index (Phi) is 6.59. The lowest BCUT2D eigenvalue weighted by Crippen LogP contribution is -2.33. The van der Waals surface area contributed by atoms with Crippen LogP contribution in [0.25, 0.3) is 21.3 Å². The lowest BCUT2D eigenvalue weighted by Gasteiger charge is -2.26. The van der Waals surface area contributed by atoms with Crippen molar-refractivity contribution in [3.63, 3.8) is 0 Å². The summed E-state index contributed by atoms with van der Waals surface area (Å²) in [6.07, 6.45) is 0. The molecule has 3 rings (SSSR count). The molecular weight excluding hydrogens is 374 g/mol. The topological polar surface area (TPSA) is 64.6 Å². The summed E-state index contributed by atoms with van der Waals surface area (Å²) < 4.78 is 10.2. The summed E-state index contributed by atoms with van der Waals surface area (Å²) in [5.41, 5.74) is 2.22. The Morgan fingerprint density at radius 2 is 1.96 bits per heavy atom. The lowest BCUT2D eigenvalue weighted by molar-refractivity contribution is -0.144. The number of hydrogen-bond acceptors (Lipinski definition) is 7. The number of hydrogen-bond donors (Lipinski definition) is 0. The number of methoxy groups -OCH3 is 2. The van der Waals surface area contributed by atoms with Gasteiger partial charge in [0.1, 0.15) is 17.3 Å². The Hall–Kier alpha value is -2.51. The minimum atomic E-state index is -0.264. The van der Waals surface area contributed by atoms with Crippen LogP contribution in [0.4, 0.5) is 5.82 Å². The monoisotopic (exact) mass is 399 g/mol. The van der Waals surface area contributed by atoms with Crippen LogP contribution < -0.4 is 4.90 Å². The van der Waals surface area contributed by atoms with E-state index in [4.69, 9.17) is 14.5 Å². The number of rotatable bonds is 8. The first-order valence-electron chi connectivity index (χ1n) is 9.24.